The summed E-state index contributed by atoms with van der Waals surface area (Å²) in [6, 6.07) is 10.9. The van der Waals surface area contributed by atoms with Crippen LogP contribution in [0.1, 0.15) is 6.42 Å². The van der Waals surface area contributed by atoms with Crippen LogP contribution in [0.25, 0.3) is 11.0 Å². The van der Waals surface area contributed by atoms with E-state index in [1.165, 1.54) is 21.3 Å². The lowest BCUT2D eigenvalue weighted by molar-refractivity contribution is -0.383. The Morgan fingerprint density at radius 3 is 2.60 bits per heavy atom. The van der Waals surface area contributed by atoms with Crippen LogP contribution in [0.2, 0.25) is 5.02 Å². The maximum Gasteiger partial charge on any atom is 0.328 e. The molecule has 0 aliphatic rings. The van der Waals surface area contributed by atoms with Gasteiger partial charge in [0.05, 0.1) is 22.4 Å². The van der Waals surface area contributed by atoms with Crippen LogP contribution in [0.4, 0.5) is 11.4 Å². The van der Waals surface area contributed by atoms with Crippen molar-refractivity contribution < 1.29 is 19.2 Å². The highest BCUT2D eigenvalue weighted by molar-refractivity contribution is 6.31. The number of aryl methyl sites for hydroxylation is 2. The van der Waals surface area contributed by atoms with Gasteiger partial charge in [0.15, 0.2) is 6.61 Å². The molecule has 0 aliphatic heterocycles. The van der Waals surface area contributed by atoms with Gasteiger partial charge in [0.25, 0.3) is 11.6 Å². The van der Waals surface area contributed by atoms with Crippen LogP contribution in [0, 0.1) is 10.1 Å². The number of halogens is 1. The lowest BCUT2D eigenvalue weighted by Gasteiger charge is -2.08. The Bertz CT molecular complexity index is 1200. The molecule has 0 radical (unpaired) electrons. The predicted octanol–water partition coefficient (Wildman–Crippen LogP) is 2.47. The summed E-state index contributed by atoms with van der Waals surface area (Å²) in [7, 11) is 1.64. The molecule has 156 valence electrons. The van der Waals surface area contributed by atoms with Gasteiger partial charge in [-0.3, -0.25) is 28.8 Å². The van der Waals surface area contributed by atoms with Crippen molar-refractivity contribution >= 4 is 45.9 Å². The Labute approximate surface area is 174 Å². The molecule has 1 amide bonds. The topological polar surface area (TPSA) is 125 Å². The number of ether oxygens (including phenoxy) is 1. The van der Waals surface area contributed by atoms with Crippen molar-refractivity contribution in [2.24, 2.45) is 7.05 Å². The summed E-state index contributed by atoms with van der Waals surface area (Å²) in [4.78, 5) is 46.7. The SMILES string of the molecule is Cn1c(=O)n(CCC(=O)OCC(=O)Nc2ccc(Cl)cc2[N+](=O)[O-])c2ccccc21. The van der Waals surface area contributed by atoms with Crippen molar-refractivity contribution in [2.75, 3.05) is 11.9 Å². The van der Waals surface area contributed by atoms with Crippen molar-refractivity contribution in [2.45, 2.75) is 13.0 Å². The van der Waals surface area contributed by atoms with E-state index < -0.39 is 23.4 Å². The second kappa shape index (κ2) is 8.78. The Hall–Kier alpha value is -3.66. The second-order valence-corrected chi connectivity index (χ2v) is 6.80. The van der Waals surface area contributed by atoms with Gasteiger partial charge in [0, 0.05) is 24.7 Å². The third kappa shape index (κ3) is 4.49. The Morgan fingerprint density at radius 1 is 1.20 bits per heavy atom. The van der Waals surface area contributed by atoms with Crippen LogP contribution in [0.3, 0.4) is 0 Å². The number of imidazole rings is 1. The number of amides is 1. The first-order valence-corrected chi connectivity index (χ1v) is 9.19. The lowest BCUT2D eigenvalue weighted by Crippen LogP contribution is -2.25. The highest BCUT2D eigenvalue weighted by Gasteiger charge is 2.18. The normalized spacial score (nSPS) is 10.7. The van der Waals surface area contributed by atoms with Gasteiger partial charge in [-0.15, -0.1) is 0 Å². The van der Waals surface area contributed by atoms with Crippen molar-refractivity contribution in [3.8, 4) is 0 Å². The van der Waals surface area contributed by atoms with Gasteiger partial charge in [-0.05, 0) is 24.3 Å². The molecule has 10 nitrogen and oxygen atoms in total. The Balaban J connectivity index is 1.57. The number of para-hydroxylation sites is 2. The zero-order valence-electron chi connectivity index (χ0n) is 15.8. The predicted molar refractivity (Wildman–Crippen MR) is 109 cm³/mol. The number of fused-ring (bicyclic) bond motifs is 1. The molecule has 0 aliphatic carbocycles. The Kier molecular flexibility index (Phi) is 6.17. The fourth-order valence-corrected chi connectivity index (χ4v) is 3.11. The van der Waals surface area contributed by atoms with Gasteiger partial charge in [-0.1, -0.05) is 23.7 Å². The van der Waals surface area contributed by atoms with Crippen LogP contribution in [-0.4, -0.2) is 32.5 Å². The average Bonchev–Trinajstić information content (AvgIpc) is 2.96. The molecule has 11 heteroatoms. The summed E-state index contributed by atoms with van der Waals surface area (Å²) < 4.78 is 7.84. The number of carbonyl (C=O) groups excluding carboxylic acids is 2. The molecule has 1 heterocycles. The van der Waals surface area contributed by atoms with Crippen LogP contribution in [0.15, 0.2) is 47.3 Å². The van der Waals surface area contributed by atoms with Gasteiger partial charge in [0.1, 0.15) is 5.69 Å². The molecule has 3 rings (SSSR count). The summed E-state index contributed by atoms with van der Waals surface area (Å²) in [5, 5.41) is 13.5. The summed E-state index contributed by atoms with van der Waals surface area (Å²) in [6.45, 7) is -0.535. The van der Waals surface area contributed by atoms with E-state index in [4.69, 9.17) is 16.3 Å². The minimum absolute atomic E-state index is 0.0623. The molecule has 2 aromatic carbocycles. The Morgan fingerprint density at radius 2 is 1.90 bits per heavy atom. The third-order valence-corrected chi connectivity index (χ3v) is 4.62. The van der Waals surface area contributed by atoms with E-state index in [9.17, 15) is 24.5 Å². The minimum Gasteiger partial charge on any atom is -0.456 e. The number of aromatic nitrogens is 2. The van der Waals surface area contributed by atoms with Gasteiger partial charge < -0.3 is 10.1 Å². The fourth-order valence-electron chi connectivity index (χ4n) is 2.95. The highest BCUT2D eigenvalue weighted by atomic mass is 35.5. The molecule has 1 N–H and O–H groups in total. The van der Waals surface area contributed by atoms with Crippen LogP contribution >= 0.6 is 11.6 Å². The molecule has 3 aromatic rings. The number of benzene rings is 2. The molecule has 0 fully saturated rings. The smallest absolute Gasteiger partial charge is 0.328 e. The summed E-state index contributed by atoms with van der Waals surface area (Å²) in [6.07, 6.45) is -0.123. The molecule has 30 heavy (non-hydrogen) atoms. The molecule has 0 bridgehead atoms. The van der Waals surface area contributed by atoms with E-state index in [0.29, 0.717) is 5.52 Å². The van der Waals surface area contributed by atoms with Gasteiger partial charge in [0.2, 0.25) is 0 Å². The maximum absolute atomic E-state index is 12.3. The zero-order chi connectivity index (χ0) is 21.8. The van der Waals surface area contributed by atoms with Gasteiger partial charge >= 0.3 is 11.7 Å². The van der Waals surface area contributed by atoms with E-state index in [0.717, 1.165) is 11.6 Å². The van der Waals surface area contributed by atoms with E-state index >= 15 is 0 Å². The van der Waals surface area contributed by atoms with Gasteiger partial charge in [-0.2, -0.15) is 0 Å². The second-order valence-electron chi connectivity index (χ2n) is 6.36. The van der Waals surface area contributed by atoms with Crippen molar-refractivity contribution in [1.82, 2.24) is 9.13 Å². The monoisotopic (exact) mass is 432 g/mol. The van der Waals surface area contributed by atoms with E-state index in [1.807, 2.05) is 6.07 Å². The number of carbonyl (C=O) groups is 2. The quantitative estimate of drug-likeness (QED) is 0.347. The number of hydrogen-bond donors (Lipinski definition) is 1. The fraction of sp³-hybridized carbons (Fsp3) is 0.211. The van der Waals surface area contributed by atoms with Crippen LogP contribution in [0.5, 0.6) is 0 Å². The van der Waals surface area contributed by atoms with Crippen LogP contribution < -0.4 is 11.0 Å². The summed E-state index contributed by atoms with van der Waals surface area (Å²) >= 11 is 5.72. The molecular formula is C19H17ClN4O6. The van der Waals surface area contributed by atoms with E-state index in [-0.39, 0.29) is 35.1 Å². The number of hydrogen-bond acceptors (Lipinski definition) is 6. The number of esters is 1. The molecular weight excluding hydrogens is 416 g/mol. The van der Waals surface area contributed by atoms with Crippen molar-refractivity contribution in [1.29, 1.82) is 0 Å². The van der Waals surface area contributed by atoms with Crippen LogP contribution in [-0.2, 0) is 27.9 Å². The minimum atomic E-state index is -0.740. The summed E-state index contributed by atoms with van der Waals surface area (Å²) in [5.41, 5.74) is 0.715. The van der Waals surface area contributed by atoms with Gasteiger partial charge in [-0.25, -0.2) is 4.79 Å². The number of nitrogens with one attached hydrogen (secondary N) is 1. The number of rotatable bonds is 7. The molecule has 0 spiro atoms. The summed E-state index contributed by atoms with van der Waals surface area (Å²) in [5.74, 6) is -1.42. The number of nitro groups is 1. The van der Waals surface area contributed by atoms with E-state index in [2.05, 4.69) is 5.32 Å². The van der Waals surface area contributed by atoms with Crippen molar-refractivity contribution in [3.63, 3.8) is 0 Å². The van der Waals surface area contributed by atoms with Crippen molar-refractivity contribution in [3.05, 3.63) is 68.1 Å². The largest absolute Gasteiger partial charge is 0.456 e. The number of anilines is 1. The first-order chi connectivity index (χ1) is 14.3. The molecule has 0 unspecified atom stereocenters. The third-order valence-electron chi connectivity index (χ3n) is 4.39. The first-order valence-electron chi connectivity index (χ1n) is 8.81. The highest BCUT2D eigenvalue weighted by Crippen LogP contribution is 2.27. The standard InChI is InChI=1S/C19H17ClN4O6/c1-22-14-4-2-3-5-15(14)23(19(22)27)9-8-18(26)30-11-17(25)21-13-7-6-12(20)10-16(13)24(28)29/h2-7,10H,8-9,11H2,1H3,(H,21,25). The first kappa shape index (κ1) is 21.1. The maximum atomic E-state index is 12.3. The number of nitro benzene ring substituents is 1. The molecule has 0 saturated carbocycles. The number of nitrogens with zero attached hydrogens (tertiary/aromatic N) is 3. The zero-order valence-corrected chi connectivity index (χ0v) is 16.6. The molecule has 0 saturated heterocycles. The molecule has 0 atom stereocenters. The molecule has 1 aromatic heterocycles. The average molecular weight is 433 g/mol. The lowest BCUT2D eigenvalue weighted by atomic mass is 10.2. The van der Waals surface area contributed by atoms with E-state index in [1.54, 1.807) is 25.2 Å².